The second-order valence-corrected chi connectivity index (χ2v) is 18.3. The minimum Gasteiger partial charge on any atom is -0.300 e. The number of nitrogens with one attached hydrogen (secondary N) is 2. The smallest absolute Gasteiger partial charge is 0.300 e. The first kappa shape index (κ1) is 73.3. The molecular formula is C51H77Cl3N18O6. The molecule has 0 unspecified atom stereocenters. The fraction of sp³-hybridized carbons (Fsp3) is 0.569. The third-order valence-corrected chi connectivity index (χ3v) is 9.35. The topological polar surface area (TPSA) is 340 Å². The number of hydrogen-bond donors (Lipinski definition) is 2. The lowest BCUT2D eigenvalue weighted by Gasteiger charge is -1.97. The van der Waals surface area contributed by atoms with Crippen molar-refractivity contribution in [2.24, 2.45) is 0 Å². The average molecular weight is 1140 g/mol. The Morgan fingerprint density at radius 3 is 0.590 bits per heavy atom. The van der Waals surface area contributed by atoms with Crippen molar-refractivity contribution >= 4 is 57.9 Å². The number of nitrogens with zero attached hydrogens (tertiary/aromatic N) is 16. The van der Waals surface area contributed by atoms with E-state index in [0.717, 1.165) is 68.8 Å². The summed E-state index contributed by atoms with van der Waals surface area (Å²) < 4.78 is 0. The molecule has 6 aromatic heterocycles. The van der Waals surface area contributed by atoms with Crippen molar-refractivity contribution in [2.75, 3.05) is 0 Å². The Balaban J connectivity index is 0. The number of aromatic amines is 2. The van der Waals surface area contributed by atoms with Crippen molar-refractivity contribution in [1.29, 1.82) is 0 Å². The van der Waals surface area contributed by atoms with Gasteiger partial charge >= 0.3 is 11.4 Å². The highest BCUT2D eigenvalue weighted by Crippen LogP contribution is 2.07. The Hall–Kier alpha value is -6.79. The summed E-state index contributed by atoms with van der Waals surface area (Å²) in [6, 6.07) is 0. The zero-order valence-corrected chi connectivity index (χ0v) is 50.5. The van der Waals surface area contributed by atoms with Gasteiger partial charge < -0.3 is 19.2 Å². The fourth-order valence-corrected chi connectivity index (χ4v) is 6.69. The first-order chi connectivity index (χ1) is 36.3. The van der Waals surface area contributed by atoms with E-state index < -0.39 is 0 Å². The monoisotopic (exact) mass is 1140 g/mol. The van der Waals surface area contributed by atoms with E-state index in [1.165, 1.54) is 0 Å². The van der Waals surface area contributed by atoms with Gasteiger partial charge in [0.05, 0.1) is 0 Å². The Bertz CT molecular complexity index is 2310. The van der Waals surface area contributed by atoms with E-state index in [-0.39, 0.29) is 50.4 Å². The number of hydrogen-bond acceptors (Lipinski definition) is 22. The maximum Gasteiger partial charge on any atom is 0.348 e. The van der Waals surface area contributed by atoms with E-state index in [4.69, 9.17) is 34.8 Å². The van der Waals surface area contributed by atoms with Crippen LogP contribution in [0.4, 0.5) is 0 Å². The molecule has 78 heavy (non-hydrogen) atoms. The van der Waals surface area contributed by atoms with Gasteiger partial charge in [-0.05, 0) is 178 Å². The molecule has 0 atom stereocenters. The van der Waals surface area contributed by atoms with Gasteiger partial charge in [0.1, 0.15) is 98.9 Å². The number of aryl methyl sites for hydroxylation is 13. The van der Waals surface area contributed by atoms with Crippen molar-refractivity contribution in [3.8, 4) is 0 Å². The first-order valence-electron chi connectivity index (χ1n) is 24.9. The number of halogens is 3. The van der Waals surface area contributed by atoms with Gasteiger partial charge in [0, 0.05) is 25.7 Å². The molecule has 0 bridgehead atoms. The maximum absolute atomic E-state index is 10.5. The molecule has 0 amide bonds. The lowest BCUT2D eigenvalue weighted by Crippen LogP contribution is -2.14. The van der Waals surface area contributed by atoms with Crippen LogP contribution in [0, 0.1) is 90.0 Å². The number of Topliss-reactive ketones (excluding diaryl/α,β-unsaturated/α-hetero) is 4. The van der Waals surface area contributed by atoms with Gasteiger partial charge in [-0.1, -0.05) is 25.7 Å². The molecule has 6 rings (SSSR count). The molecule has 0 saturated carbocycles. The van der Waals surface area contributed by atoms with Crippen LogP contribution >= 0.6 is 34.8 Å². The summed E-state index contributed by atoms with van der Waals surface area (Å²) in [5.74, 6) is 9.62. The summed E-state index contributed by atoms with van der Waals surface area (Å²) >= 11 is 16.5. The fourth-order valence-electron chi connectivity index (χ4n) is 5.96. The van der Waals surface area contributed by atoms with E-state index in [0.29, 0.717) is 83.9 Å². The molecule has 0 radical (unpaired) electrons. The number of rotatable bonds is 14. The number of aromatic nitrogens is 18. The highest BCUT2D eigenvalue weighted by atomic mass is 35.5. The Morgan fingerprint density at radius 1 is 0.282 bits per heavy atom. The number of ketones is 4. The summed E-state index contributed by atoms with van der Waals surface area (Å²) in [7, 11) is 0. The van der Waals surface area contributed by atoms with Crippen LogP contribution in [0.25, 0.3) is 0 Å². The molecule has 6 aromatic rings. The van der Waals surface area contributed by atoms with Gasteiger partial charge in [0.2, 0.25) is 15.9 Å². The molecule has 0 aliphatic heterocycles. The molecule has 0 aliphatic carbocycles. The van der Waals surface area contributed by atoms with Crippen LogP contribution in [0.3, 0.4) is 0 Å². The molecule has 428 valence electrons. The lowest BCUT2D eigenvalue weighted by molar-refractivity contribution is -0.118. The molecule has 27 heteroatoms. The summed E-state index contributed by atoms with van der Waals surface area (Å²) in [5.41, 5.74) is -0.667. The zero-order valence-electron chi connectivity index (χ0n) is 48.2. The van der Waals surface area contributed by atoms with Gasteiger partial charge in [-0.2, -0.15) is 9.97 Å². The molecule has 0 aliphatic rings. The van der Waals surface area contributed by atoms with Gasteiger partial charge in [-0.25, -0.2) is 79.4 Å². The first-order valence-corrected chi connectivity index (χ1v) is 26.0. The predicted octanol–water partition coefficient (Wildman–Crippen LogP) is 8.80. The average Bonchev–Trinajstić information content (AvgIpc) is 3.24. The summed E-state index contributed by atoms with van der Waals surface area (Å²) in [5, 5.41) is 0.792. The van der Waals surface area contributed by atoms with Gasteiger partial charge in [0.25, 0.3) is 0 Å². The van der Waals surface area contributed by atoms with E-state index in [2.05, 4.69) is 89.7 Å². The summed E-state index contributed by atoms with van der Waals surface area (Å²) in [4.78, 5) is 129. The molecule has 0 aromatic carbocycles. The lowest BCUT2D eigenvalue weighted by atomic mass is 10.1. The highest BCUT2D eigenvalue weighted by molar-refractivity contribution is 6.28. The van der Waals surface area contributed by atoms with Gasteiger partial charge in [-0.3, -0.25) is 9.97 Å². The van der Waals surface area contributed by atoms with Crippen molar-refractivity contribution < 1.29 is 19.2 Å². The van der Waals surface area contributed by atoms with E-state index in [9.17, 15) is 28.8 Å². The highest BCUT2D eigenvalue weighted by Gasteiger charge is 1.99. The number of carbonyl (C=O) groups is 4. The van der Waals surface area contributed by atoms with Crippen LogP contribution in [0.1, 0.15) is 180 Å². The quantitative estimate of drug-likeness (QED) is 0.0962. The summed E-state index contributed by atoms with van der Waals surface area (Å²) in [6.45, 7) is 29.5. The second kappa shape index (κ2) is 42.3. The molecule has 2 N–H and O–H groups in total. The zero-order chi connectivity index (χ0) is 59.9. The molecule has 0 spiro atoms. The summed E-state index contributed by atoms with van der Waals surface area (Å²) in [6.07, 6.45) is 11.0. The molecule has 0 saturated heterocycles. The third-order valence-electron chi connectivity index (χ3n) is 8.84. The minimum absolute atomic E-state index is 0.264. The van der Waals surface area contributed by atoms with E-state index >= 15 is 0 Å². The standard InChI is InChI=1S/2C10H18O2.C6H9N3.3C5H6ClN3.2C5H7N3O/c2*1-9(11)7-5-3-4-6-8-10(2)12;1-4-7-5(2)9-6(3)8-4;3*1-3-7-4(2)9-5(6)8-3;2*1-3-6-4(2)8-5(9)7-3/h2*3-8H2,1-2H3;1-3H3;3*1-2H3;2*1-2H3,(H,6,7,8,9). The molecule has 6 heterocycles. The minimum atomic E-state index is -0.333. The van der Waals surface area contributed by atoms with Crippen LogP contribution in [-0.4, -0.2) is 113 Å². The SMILES string of the molecule is CC(=O)CCCCCCC(C)=O.CC(=O)CCCCCCC(C)=O.Cc1nc(C)[nH]c(=O)n1.Cc1nc(C)[nH]c(=O)n1.Cc1nc(C)nc(C)n1.Cc1nc(C)nc(Cl)n1.Cc1nc(C)nc(Cl)n1.Cc1nc(C)nc(Cl)n1. The van der Waals surface area contributed by atoms with Crippen LogP contribution in [0.15, 0.2) is 9.59 Å². The van der Waals surface area contributed by atoms with Crippen molar-refractivity contribution in [3.05, 3.63) is 113 Å². The normalized spacial score (nSPS) is 9.69. The van der Waals surface area contributed by atoms with Gasteiger partial charge in [0.15, 0.2) is 0 Å². The second-order valence-electron chi connectivity index (χ2n) is 17.3. The van der Waals surface area contributed by atoms with Crippen molar-refractivity contribution in [1.82, 2.24) is 89.7 Å². The van der Waals surface area contributed by atoms with Crippen LogP contribution in [0.5, 0.6) is 0 Å². The van der Waals surface area contributed by atoms with Crippen molar-refractivity contribution in [2.45, 2.75) is 195 Å². The number of H-pyrrole nitrogens is 2. The predicted molar refractivity (Wildman–Crippen MR) is 299 cm³/mol. The Kier molecular flexibility index (Phi) is 39.7. The molecule has 24 nitrogen and oxygen atoms in total. The Labute approximate surface area is 472 Å². The van der Waals surface area contributed by atoms with Crippen molar-refractivity contribution in [3.63, 3.8) is 0 Å². The van der Waals surface area contributed by atoms with Crippen LogP contribution in [-0.2, 0) is 19.2 Å². The number of carbonyl (C=O) groups excluding carboxylic acids is 4. The van der Waals surface area contributed by atoms with Crippen LogP contribution in [0.2, 0.25) is 15.9 Å². The molecular weight excluding hydrogens is 1070 g/mol. The van der Waals surface area contributed by atoms with E-state index in [1.54, 1.807) is 96.9 Å². The Morgan fingerprint density at radius 2 is 0.449 bits per heavy atom. The van der Waals surface area contributed by atoms with E-state index in [1.807, 2.05) is 20.8 Å². The molecule has 0 fully saturated rings. The largest absolute Gasteiger partial charge is 0.348 e. The van der Waals surface area contributed by atoms with Crippen LogP contribution < -0.4 is 11.4 Å². The van der Waals surface area contributed by atoms with Gasteiger partial charge in [-0.15, -0.1) is 0 Å². The third kappa shape index (κ3) is 46.5. The number of unbranched alkanes of at least 4 members (excludes halogenated alkanes) is 6. The maximum atomic E-state index is 10.5.